The lowest BCUT2D eigenvalue weighted by Crippen LogP contribution is -2.30. The van der Waals surface area contributed by atoms with E-state index in [1.165, 1.54) is 4.90 Å². The Hall–Kier alpha value is -3.54. The van der Waals surface area contributed by atoms with Crippen molar-refractivity contribution in [2.75, 3.05) is 33.9 Å². The molecule has 0 atom stereocenters. The number of benzene rings is 3. The Morgan fingerprint density at radius 3 is 2.41 bits per heavy atom. The van der Waals surface area contributed by atoms with Crippen LogP contribution in [0.15, 0.2) is 66.7 Å². The molecule has 3 aromatic carbocycles. The molecule has 0 bridgehead atoms. The summed E-state index contributed by atoms with van der Waals surface area (Å²) in [6.07, 6.45) is 0. The summed E-state index contributed by atoms with van der Waals surface area (Å²) in [5.41, 5.74) is 0.379. The molecule has 0 aliphatic heterocycles. The van der Waals surface area contributed by atoms with E-state index in [2.05, 4.69) is 5.32 Å². The van der Waals surface area contributed by atoms with Crippen LogP contribution < -0.4 is 14.8 Å². The van der Waals surface area contributed by atoms with Crippen LogP contribution >= 0.6 is 0 Å². The summed E-state index contributed by atoms with van der Waals surface area (Å²) in [4.78, 5) is 25.6. The maximum atomic E-state index is 12.5. The van der Waals surface area contributed by atoms with Crippen LogP contribution in [-0.4, -0.2) is 50.6 Å². The van der Waals surface area contributed by atoms with E-state index in [1.807, 2.05) is 42.5 Å². The van der Waals surface area contributed by atoms with Crippen LogP contribution in [0, 0.1) is 0 Å². The van der Waals surface area contributed by atoms with Crippen LogP contribution in [0.2, 0.25) is 0 Å². The van der Waals surface area contributed by atoms with Gasteiger partial charge in [0.05, 0.1) is 12.1 Å². The third kappa shape index (κ3) is 5.48. The summed E-state index contributed by atoms with van der Waals surface area (Å²) < 4.78 is 11.3. The minimum atomic E-state index is -0.278. The molecule has 29 heavy (non-hydrogen) atoms. The van der Waals surface area contributed by atoms with Gasteiger partial charge in [-0.15, -0.1) is 0 Å². The van der Waals surface area contributed by atoms with Crippen LogP contribution in [0.5, 0.6) is 11.5 Å². The molecule has 0 unspecified atom stereocenters. The molecule has 0 aromatic heterocycles. The van der Waals surface area contributed by atoms with Crippen LogP contribution in [-0.2, 0) is 4.79 Å². The zero-order chi connectivity index (χ0) is 20.6. The van der Waals surface area contributed by atoms with Gasteiger partial charge in [0.1, 0.15) is 18.1 Å². The zero-order valence-electron chi connectivity index (χ0n) is 16.6. The lowest BCUT2D eigenvalue weighted by Gasteiger charge is -2.14. The minimum Gasteiger partial charge on any atom is -0.492 e. The van der Waals surface area contributed by atoms with Gasteiger partial charge in [0, 0.05) is 14.1 Å². The molecule has 0 heterocycles. The van der Waals surface area contributed by atoms with E-state index < -0.39 is 0 Å². The van der Waals surface area contributed by atoms with E-state index in [4.69, 9.17) is 9.47 Å². The second kappa shape index (κ2) is 9.59. The average Bonchev–Trinajstić information content (AvgIpc) is 2.74. The van der Waals surface area contributed by atoms with Gasteiger partial charge < -0.3 is 19.7 Å². The van der Waals surface area contributed by atoms with Gasteiger partial charge in [-0.25, -0.2) is 0 Å². The predicted octanol–water partition coefficient (Wildman–Crippen LogP) is 3.12. The fourth-order valence-corrected chi connectivity index (χ4v) is 2.73. The van der Waals surface area contributed by atoms with Crippen molar-refractivity contribution >= 4 is 22.6 Å². The maximum absolute atomic E-state index is 12.5. The molecule has 0 radical (unpaired) electrons. The molecule has 150 valence electrons. The molecule has 6 heteroatoms. The summed E-state index contributed by atoms with van der Waals surface area (Å²) in [6.45, 7) is 0.561. The van der Waals surface area contributed by atoms with E-state index in [9.17, 15) is 9.59 Å². The van der Waals surface area contributed by atoms with Gasteiger partial charge in [0.25, 0.3) is 11.8 Å². The Morgan fingerprint density at radius 1 is 0.897 bits per heavy atom. The highest BCUT2D eigenvalue weighted by Crippen LogP contribution is 2.20. The van der Waals surface area contributed by atoms with Crippen LogP contribution in [0.1, 0.15) is 10.4 Å². The van der Waals surface area contributed by atoms with Gasteiger partial charge in [-0.2, -0.15) is 0 Å². The number of carbonyl (C=O) groups excluding carboxylic acids is 2. The van der Waals surface area contributed by atoms with Gasteiger partial charge in [0.15, 0.2) is 6.61 Å². The normalized spacial score (nSPS) is 10.4. The van der Waals surface area contributed by atoms with Gasteiger partial charge in [-0.1, -0.05) is 42.5 Å². The van der Waals surface area contributed by atoms with Crippen molar-refractivity contribution in [1.29, 1.82) is 0 Å². The first-order chi connectivity index (χ1) is 14.0. The molecule has 3 aromatic rings. The Kier molecular flexibility index (Phi) is 6.68. The van der Waals surface area contributed by atoms with Gasteiger partial charge in [-0.05, 0) is 35.0 Å². The second-order valence-corrected chi connectivity index (χ2v) is 6.69. The molecule has 6 nitrogen and oxygen atoms in total. The number of nitrogens with one attached hydrogen (secondary N) is 1. The SMILES string of the molecule is CN(C)C(=O)COc1ccccc1C(=O)NCCOc1ccc2ccccc2c1. The number of fused-ring (bicyclic) bond motifs is 1. The van der Waals surface area contributed by atoms with E-state index >= 15 is 0 Å². The molecule has 1 N–H and O–H groups in total. The summed E-state index contributed by atoms with van der Waals surface area (Å²) in [5.74, 6) is 0.670. The van der Waals surface area contributed by atoms with Crippen molar-refractivity contribution in [1.82, 2.24) is 10.2 Å². The van der Waals surface area contributed by atoms with Crippen molar-refractivity contribution < 1.29 is 19.1 Å². The number of likely N-dealkylation sites (N-methyl/N-ethyl adjacent to an activating group) is 1. The minimum absolute atomic E-state index is 0.123. The Balaban J connectivity index is 1.52. The maximum Gasteiger partial charge on any atom is 0.259 e. The quantitative estimate of drug-likeness (QED) is 0.598. The summed E-state index contributed by atoms with van der Waals surface area (Å²) in [6, 6.07) is 20.8. The zero-order valence-corrected chi connectivity index (χ0v) is 16.6. The molecule has 3 rings (SSSR count). The number of carbonyl (C=O) groups is 2. The molecule has 0 aliphatic carbocycles. The Morgan fingerprint density at radius 2 is 1.62 bits per heavy atom. The summed E-state index contributed by atoms with van der Waals surface area (Å²) in [7, 11) is 3.31. The topological polar surface area (TPSA) is 67.9 Å². The molecule has 0 saturated heterocycles. The van der Waals surface area contributed by atoms with E-state index in [1.54, 1.807) is 38.4 Å². The van der Waals surface area contributed by atoms with Crippen molar-refractivity contribution in [3.63, 3.8) is 0 Å². The monoisotopic (exact) mass is 392 g/mol. The van der Waals surface area contributed by atoms with Crippen molar-refractivity contribution in [2.24, 2.45) is 0 Å². The largest absolute Gasteiger partial charge is 0.492 e. The number of hydrogen-bond donors (Lipinski definition) is 1. The first kappa shape index (κ1) is 20.2. The van der Waals surface area contributed by atoms with Crippen molar-refractivity contribution in [3.8, 4) is 11.5 Å². The first-order valence-corrected chi connectivity index (χ1v) is 9.36. The Bertz CT molecular complexity index is 1000. The lowest BCUT2D eigenvalue weighted by molar-refractivity contribution is -0.130. The van der Waals surface area contributed by atoms with E-state index in [0.717, 1.165) is 16.5 Å². The fourth-order valence-electron chi connectivity index (χ4n) is 2.73. The molecule has 2 amide bonds. The number of amides is 2. The molecular formula is C23H24N2O4. The standard InChI is InChI=1S/C23H24N2O4/c1-25(2)22(26)16-29-21-10-6-5-9-20(21)23(27)24-13-14-28-19-12-11-17-7-3-4-8-18(17)15-19/h3-12,15H,13-14,16H2,1-2H3,(H,24,27). The van der Waals surface area contributed by atoms with Crippen molar-refractivity contribution in [2.45, 2.75) is 0 Å². The fraction of sp³-hybridized carbons (Fsp3) is 0.217. The number of nitrogens with zero attached hydrogens (tertiary/aromatic N) is 1. The highest BCUT2D eigenvalue weighted by molar-refractivity contribution is 5.97. The van der Waals surface area contributed by atoms with Crippen molar-refractivity contribution in [3.05, 3.63) is 72.3 Å². The number of ether oxygens (including phenoxy) is 2. The Labute approximate surface area is 170 Å². The molecular weight excluding hydrogens is 368 g/mol. The third-order valence-corrected chi connectivity index (χ3v) is 4.36. The molecule has 0 spiro atoms. The van der Waals surface area contributed by atoms with Crippen LogP contribution in [0.4, 0.5) is 0 Å². The summed E-state index contributed by atoms with van der Waals surface area (Å²) in [5, 5.41) is 5.07. The average molecular weight is 392 g/mol. The van der Waals surface area contributed by atoms with Gasteiger partial charge in [-0.3, -0.25) is 9.59 Å². The smallest absolute Gasteiger partial charge is 0.259 e. The first-order valence-electron chi connectivity index (χ1n) is 9.36. The lowest BCUT2D eigenvalue weighted by atomic mass is 10.1. The van der Waals surface area contributed by atoms with E-state index in [-0.39, 0.29) is 18.4 Å². The summed E-state index contributed by atoms with van der Waals surface area (Å²) >= 11 is 0. The second-order valence-electron chi connectivity index (χ2n) is 6.69. The van der Waals surface area contributed by atoms with Gasteiger partial charge >= 0.3 is 0 Å². The molecule has 0 aliphatic rings. The van der Waals surface area contributed by atoms with E-state index in [0.29, 0.717) is 24.5 Å². The molecule has 0 saturated carbocycles. The van der Waals surface area contributed by atoms with Crippen LogP contribution in [0.25, 0.3) is 10.8 Å². The number of hydrogen-bond acceptors (Lipinski definition) is 4. The van der Waals surface area contributed by atoms with Gasteiger partial charge in [0.2, 0.25) is 0 Å². The highest BCUT2D eigenvalue weighted by Gasteiger charge is 2.13. The molecule has 0 fully saturated rings. The highest BCUT2D eigenvalue weighted by atomic mass is 16.5. The predicted molar refractivity (Wildman–Crippen MR) is 112 cm³/mol. The number of rotatable bonds is 8. The van der Waals surface area contributed by atoms with Crippen LogP contribution in [0.3, 0.4) is 0 Å². The number of para-hydroxylation sites is 1. The third-order valence-electron chi connectivity index (χ3n) is 4.36.